The second kappa shape index (κ2) is 42.2. The molecule has 12 rings (SSSR count). The first-order chi connectivity index (χ1) is 45.1. The SMILES string of the molecule is C=S1(=O)CCc2ccccc21.CCCC(=O)c1ccccc1.CCCC(C(=O)OC)c1ccccc1.CCCC(CO)c1ccccc1.CCCC1(c2ccccc2)OCCO1.NC(=O)CNc1ccccc1.O=C1CCc2ccccc21.O=S1CCc2ccccc21. The zero-order valence-electron chi connectivity index (χ0n) is 55.0. The minimum Gasteiger partial charge on any atom is -0.469 e. The summed E-state index contributed by atoms with van der Waals surface area (Å²) in [7, 11) is -1.16. The molecule has 4 aliphatic rings. The Hall–Kier alpha value is -8.11. The molecule has 0 radical (unpaired) electrons. The molecular formula is C79H96N2O10S2. The lowest BCUT2D eigenvalue weighted by atomic mass is 9.95. The van der Waals surface area contributed by atoms with E-state index in [1.807, 2.05) is 201 Å². The molecule has 3 aliphatic heterocycles. The van der Waals surface area contributed by atoms with Gasteiger partial charge in [-0.15, -0.1) is 0 Å². The molecule has 494 valence electrons. The number of methoxy groups -OCH3 is 1. The van der Waals surface area contributed by atoms with Crippen LogP contribution in [0.2, 0.25) is 0 Å². The Labute approximate surface area is 556 Å². The number of primary amides is 1. The van der Waals surface area contributed by atoms with Crippen molar-refractivity contribution in [2.24, 2.45) is 5.73 Å². The third kappa shape index (κ3) is 25.7. The van der Waals surface area contributed by atoms with Gasteiger partial charge in [-0.05, 0) is 106 Å². The number of Topliss-reactive ketones (excluding diaryl/α,β-unsaturated/α-hetero) is 2. The van der Waals surface area contributed by atoms with Crippen LogP contribution in [-0.4, -0.2) is 87.8 Å². The van der Waals surface area contributed by atoms with Crippen molar-refractivity contribution in [3.05, 3.63) is 269 Å². The van der Waals surface area contributed by atoms with Crippen molar-refractivity contribution in [2.45, 2.75) is 132 Å². The second-order valence-corrected chi connectivity index (χ2v) is 26.5. The maximum Gasteiger partial charge on any atom is 0.313 e. The zero-order chi connectivity index (χ0) is 67.1. The van der Waals surface area contributed by atoms with Gasteiger partial charge < -0.3 is 30.4 Å². The molecule has 4 unspecified atom stereocenters. The molecule has 1 fully saturated rings. The van der Waals surface area contributed by atoms with Gasteiger partial charge in [0.05, 0.1) is 43.6 Å². The largest absolute Gasteiger partial charge is 0.469 e. The summed E-state index contributed by atoms with van der Waals surface area (Å²) in [4.78, 5) is 46.1. The number of ether oxygens (including phenoxy) is 3. The number of nitrogens with two attached hydrogens (primary N) is 1. The Balaban J connectivity index is 0.000000193. The van der Waals surface area contributed by atoms with Crippen LogP contribution in [0.4, 0.5) is 5.69 Å². The Morgan fingerprint density at radius 2 is 1.15 bits per heavy atom. The lowest BCUT2D eigenvalue weighted by molar-refractivity contribution is -0.171. The molecule has 1 saturated heterocycles. The highest BCUT2D eigenvalue weighted by atomic mass is 32.2. The first kappa shape index (κ1) is 75.6. The van der Waals surface area contributed by atoms with Gasteiger partial charge in [-0.1, -0.05) is 247 Å². The number of para-hydroxylation sites is 1. The van der Waals surface area contributed by atoms with E-state index in [1.54, 1.807) is 0 Å². The predicted molar refractivity (Wildman–Crippen MR) is 381 cm³/mol. The van der Waals surface area contributed by atoms with E-state index in [-0.39, 0.29) is 36.7 Å². The summed E-state index contributed by atoms with van der Waals surface area (Å²) < 4.78 is 39.1. The number of hydrogen-bond acceptors (Lipinski definition) is 11. The zero-order valence-corrected chi connectivity index (χ0v) is 56.6. The summed E-state index contributed by atoms with van der Waals surface area (Å²) in [6.07, 6.45) is 11.2. The number of nitrogens with one attached hydrogen (secondary N) is 1. The van der Waals surface area contributed by atoms with E-state index in [9.17, 15) is 27.6 Å². The van der Waals surface area contributed by atoms with E-state index >= 15 is 0 Å². The number of anilines is 1. The molecule has 0 spiro atoms. The van der Waals surface area contributed by atoms with Crippen LogP contribution in [0.3, 0.4) is 0 Å². The minimum atomic E-state index is -1.91. The Morgan fingerprint density at radius 3 is 1.69 bits per heavy atom. The van der Waals surface area contributed by atoms with E-state index in [0.717, 1.165) is 113 Å². The second-order valence-electron chi connectivity index (χ2n) is 22.5. The fraction of sp³-hybridized carbons (Fsp3) is 0.329. The van der Waals surface area contributed by atoms with Crippen molar-refractivity contribution in [3.63, 3.8) is 0 Å². The molecule has 8 aromatic rings. The van der Waals surface area contributed by atoms with Crippen molar-refractivity contribution in [1.82, 2.24) is 0 Å². The van der Waals surface area contributed by atoms with Gasteiger partial charge in [-0.25, -0.2) is 0 Å². The molecule has 14 heteroatoms. The molecule has 93 heavy (non-hydrogen) atoms. The number of carbonyl (C=O) groups is 4. The van der Waals surface area contributed by atoms with Crippen molar-refractivity contribution >= 4 is 55.3 Å². The van der Waals surface area contributed by atoms with E-state index in [0.29, 0.717) is 37.8 Å². The molecule has 12 nitrogen and oxygen atoms in total. The number of aliphatic hydroxyl groups is 1. The number of hydrogen-bond donors (Lipinski definition) is 3. The summed E-state index contributed by atoms with van der Waals surface area (Å²) in [5, 5.41) is 12.0. The van der Waals surface area contributed by atoms with Gasteiger partial charge in [0, 0.05) is 75.5 Å². The Bertz CT molecular complexity index is 3530. The van der Waals surface area contributed by atoms with Gasteiger partial charge in [0.2, 0.25) is 5.91 Å². The van der Waals surface area contributed by atoms with Crippen LogP contribution in [0.15, 0.2) is 234 Å². The van der Waals surface area contributed by atoms with Crippen LogP contribution in [-0.2, 0) is 69.2 Å². The summed E-state index contributed by atoms with van der Waals surface area (Å²) in [6, 6.07) is 72.7. The van der Waals surface area contributed by atoms with Gasteiger partial charge in [0.25, 0.3) is 0 Å². The van der Waals surface area contributed by atoms with E-state index in [4.69, 9.17) is 25.1 Å². The van der Waals surface area contributed by atoms with Gasteiger partial charge in [0.1, 0.15) is 0 Å². The standard InChI is InChI=1S/2C12H16O2.C11H16O.C10H12O.C9H10OS.C9H8O.C8H10N2O.C8H8OS/c1-2-8-12(13-9-10-14-12)11-6-4-3-5-7-11;1-3-7-11(12(13)14-2)10-8-5-4-6-9-10;1-2-6-11(9-12)10-7-4-3-5-8-10;1-2-6-10(11)9-7-4-3-5-8-9;1-11(10)7-6-8-4-2-3-5-9(8)11;10-9-6-5-7-3-1-2-4-8(7)9;9-8(11)6-10-7-4-2-1-3-5-7;9-10-6-5-7-3-1-2-4-8(7)10/h3-7H,2,8-10H2,1H3;4-6,8-9,11H,3,7H2,1-2H3;3-5,7-8,11-12H,2,6,9H2,1H3;3-5,7-8H,2,6H2,1H3;2-5H,1,6-7H2;1-4H,5-6H2;1-5,10H,6H2,(H2,9,11);1-4H,5-6H2. The Kier molecular flexibility index (Phi) is 34.3. The molecular weight excluding hydrogens is 1200 g/mol. The molecule has 0 bridgehead atoms. The van der Waals surface area contributed by atoms with Crippen molar-refractivity contribution in [3.8, 4) is 0 Å². The van der Waals surface area contributed by atoms with E-state index < -0.39 is 26.1 Å². The van der Waals surface area contributed by atoms with Crippen LogP contribution in [0, 0.1) is 0 Å². The third-order valence-electron chi connectivity index (χ3n) is 15.5. The summed E-state index contributed by atoms with van der Waals surface area (Å²) in [5.41, 5.74) is 14.7. The molecule has 1 amide bonds. The number of aliphatic hydroxyl groups excluding tert-OH is 1. The number of rotatable bonds is 17. The number of ketones is 2. The maximum absolute atomic E-state index is 11.7. The summed E-state index contributed by atoms with van der Waals surface area (Å²) in [5.74, 6) is 5.10. The van der Waals surface area contributed by atoms with Crippen molar-refractivity contribution in [1.29, 1.82) is 0 Å². The van der Waals surface area contributed by atoms with Crippen LogP contribution in [0.1, 0.15) is 151 Å². The normalized spacial score (nSPS) is 16.1. The molecule has 0 aromatic heterocycles. The number of amides is 1. The van der Waals surface area contributed by atoms with E-state index in [1.165, 1.54) is 29.4 Å². The van der Waals surface area contributed by atoms with Crippen molar-refractivity contribution < 1.29 is 46.9 Å². The molecule has 4 atom stereocenters. The van der Waals surface area contributed by atoms with E-state index in [2.05, 4.69) is 62.3 Å². The number of fused-ring (bicyclic) bond motifs is 3. The van der Waals surface area contributed by atoms with Crippen LogP contribution >= 0.6 is 0 Å². The van der Waals surface area contributed by atoms with Gasteiger partial charge in [0.15, 0.2) is 17.4 Å². The molecule has 8 aromatic carbocycles. The molecule has 3 heterocycles. The van der Waals surface area contributed by atoms with Crippen LogP contribution < -0.4 is 11.1 Å². The van der Waals surface area contributed by atoms with Gasteiger partial charge in [-0.2, -0.15) is 0 Å². The summed E-state index contributed by atoms with van der Waals surface area (Å²) >= 11 is 0. The Morgan fingerprint density at radius 1 is 0.624 bits per heavy atom. The summed E-state index contributed by atoms with van der Waals surface area (Å²) in [6.45, 7) is 10.2. The molecule has 0 saturated carbocycles. The average molecular weight is 1300 g/mol. The quantitative estimate of drug-likeness (QED) is 0.0447. The number of esters is 1. The number of aryl methyl sites for hydroxylation is 3. The monoisotopic (exact) mass is 1300 g/mol. The fourth-order valence-corrected chi connectivity index (χ4v) is 13.8. The highest BCUT2D eigenvalue weighted by molar-refractivity contribution is 8.00. The van der Waals surface area contributed by atoms with Gasteiger partial charge >= 0.3 is 5.97 Å². The first-order valence-corrected chi connectivity index (χ1v) is 35.6. The van der Waals surface area contributed by atoms with Crippen LogP contribution in [0.5, 0.6) is 0 Å². The molecule has 4 N–H and O–H groups in total. The van der Waals surface area contributed by atoms with Crippen molar-refractivity contribution in [2.75, 3.05) is 50.3 Å². The topological polar surface area (TPSA) is 188 Å². The van der Waals surface area contributed by atoms with Gasteiger partial charge in [-0.3, -0.25) is 27.6 Å². The lowest BCUT2D eigenvalue weighted by Gasteiger charge is -2.27. The smallest absolute Gasteiger partial charge is 0.313 e. The third-order valence-corrected chi connectivity index (χ3v) is 19.1. The number of carbonyl (C=O) groups excluding carboxylic acids is 4. The minimum absolute atomic E-state index is 0.105. The maximum atomic E-state index is 11.7. The molecule has 1 aliphatic carbocycles. The average Bonchev–Trinajstić information content (AvgIpc) is 1.78. The highest BCUT2D eigenvalue weighted by Gasteiger charge is 2.37. The number of benzene rings is 8. The fourth-order valence-electron chi connectivity index (χ4n) is 10.7. The lowest BCUT2D eigenvalue weighted by Crippen LogP contribution is -2.26. The predicted octanol–water partition coefficient (Wildman–Crippen LogP) is 15.7. The first-order valence-electron chi connectivity index (χ1n) is 32.4. The van der Waals surface area contributed by atoms with Crippen LogP contribution in [0.25, 0.3) is 0 Å². The highest BCUT2D eigenvalue weighted by Crippen LogP contribution is 2.36.